The van der Waals surface area contributed by atoms with Gasteiger partial charge >= 0.3 is 6.18 Å². The number of alkyl halides is 3. The molecule has 1 aromatic heterocycles. The Morgan fingerprint density at radius 1 is 1.20 bits per heavy atom. The molecule has 2 N–H and O–H groups in total. The first-order valence-corrected chi connectivity index (χ1v) is 7.59. The molecule has 0 fully saturated rings. The van der Waals surface area contributed by atoms with Gasteiger partial charge in [0.05, 0.1) is 10.6 Å². The summed E-state index contributed by atoms with van der Waals surface area (Å²) < 4.78 is 37.1. The fourth-order valence-corrected chi connectivity index (χ4v) is 2.47. The number of nitrogens with two attached hydrogens (primary N) is 1. The molecule has 0 aliphatic heterocycles. The predicted octanol–water partition coefficient (Wildman–Crippen LogP) is 4.35. The largest absolute Gasteiger partial charge is 0.417 e. The third-order valence-electron chi connectivity index (χ3n) is 3.11. The zero-order chi connectivity index (χ0) is 15.2. The van der Waals surface area contributed by atoms with Gasteiger partial charge in [0.2, 0.25) is 0 Å². The number of thioether (sulfide) groups is 1. The molecule has 6 heteroatoms. The highest BCUT2D eigenvalue weighted by Crippen LogP contribution is 2.30. The van der Waals surface area contributed by atoms with Crippen LogP contribution in [-0.2, 0) is 6.18 Å². The normalized spacial score (nSPS) is 12.7. The molecule has 0 radical (unpaired) electrons. The highest BCUT2D eigenvalue weighted by Gasteiger charge is 2.30. The summed E-state index contributed by atoms with van der Waals surface area (Å²) in [6, 6.07) is 2.50. The third kappa shape index (κ3) is 6.13. The van der Waals surface area contributed by atoms with E-state index in [1.807, 2.05) is 0 Å². The van der Waals surface area contributed by atoms with Crippen molar-refractivity contribution < 1.29 is 13.2 Å². The molecule has 2 nitrogen and oxygen atoms in total. The lowest BCUT2D eigenvalue weighted by Crippen LogP contribution is -2.23. The number of hydrogen-bond acceptors (Lipinski definition) is 3. The van der Waals surface area contributed by atoms with Gasteiger partial charge in [0.25, 0.3) is 0 Å². The van der Waals surface area contributed by atoms with Gasteiger partial charge in [-0.1, -0.05) is 20.3 Å². The fraction of sp³-hybridized carbons (Fsp3) is 0.643. The van der Waals surface area contributed by atoms with Gasteiger partial charge in [-0.05, 0) is 42.7 Å². The Morgan fingerprint density at radius 2 is 1.90 bits per heavy atom. The van der Waals surface area contributed by atoms with Gasteiger partial charge < -0.3 is 5.73 Å². The lowest BCUT2D eigenvalue weighted by Gasteiger charge is -2.21. The molecule has 0 aliphatic rings. The van der Waals surface area contributed by atoms with E-state index >= 15 is 0 Å². The highest BCUT2D eigenvalue weighted by atomic mass is 32.2. The van der Waals surface area contributed by atoms with Gasteiger partial charge in [0, 0.05) is 6.20 Å². The van der Waals surface area contributed by atoms with Crippen molar-refractivity contribution in [3.63, 3.8) is 0 Å². The molecule has 1 heterocycles. The van der Waals surface area contributed by atoms with Gasteiger partial charge in [-0.3, -0.25) is 0 Å². The number of halogens is 3. The summed E-state index contributed by atoms with van der Waals surface area (Å²) >= 11 is 1.49. The molecular weight excluding hydrogens is 285 g/mol. The number of unbranched alkanes of at least 4 members (excludes halogenated alkanes) is 1. The molecular formula is C14H21F3N2S. The van der Waals surface area contributed by atoms with Crippen LogP contribution in [0.3, 0.4) is 0 Å². The van der Waals surface area contributed by atoms with Gasteiger partial charge in [-0.2, -0.15) is 13.2 Å². The Labute approximate surface area is 122 Å². The smallest absolute Gasteiger partial charge is 0.330 e. The lowest BCUT2D eigenvalue weighted by molar-refractivity contribution is -0.137. The SMILES string of the molecule is CC(C)(CN)CCCCSc1ccc(C(F)(F)F)cn1. The van der Waals surface area contributed by atoms with E-state index in [1.54, 1.807) is 0 Å². The maximum atomic E-state index is 12.4. The second-order valence-corrected chi connectivity index (χ2v) is 6.67. The Kier molecular flexibility index (Phi) is 6.33. The summed E-state index contributed by atoms with van der Waals surface area (Å²) in [5.41, 5.74) is 5.12. The molecule has 20 heavy (non-hydrogen) atoms. The monoisotopic (exact) mass is 306 g/mol. The number of aromatic nitrogens is 1. The van der Waals surface area contributed by atoms with Crippen LogP contribution < -0.4 is 5.73 Å². The van der Waals surface area contributed by atoms with Crippen molar-refractivity contribution in [2.75, 3.05) is 12.3 Å². The summed E-state index contributed by atoms with van der Waals surface area (Å²) in [4.78, 5) is 3.83. The number of hydrogen-bond donors (Lipinski definition) is 1. The van der Waals surface area contributed by atoms with Crippen LogP contribution in [0.5, 0.6) is 0 Å². The van der Waals surface area contributed by atoms with Crippen molar-refractivity contribution in [2.45, 2.75) is 44.3 Å². The van der Waals surface area contributed by atoms with Crippen LogP contribution in [0.2, 0.25) is 0 Å². The van der Waals surface area contributed by atoms with Crippen LogP contribution in [0, 0.1) is 5.41 Å². The zero-order valence-corrected chi connectivity index (χ0v) is 12.7. The van der Waals surface area contributed by atoms with Crippen LogP contribution in [0.1, 0.15) is 38.7 Å². The standard InChI is InChI=1S/C14H21F3N2S/c1-13(2,10-18)7-3-4-8-20-12-6-5-11(9-19-12)14(15,16)17/h5-6,9H,3-4,7-8,10,18H2,1-2H3. The molecule has 0 aliphatic carbocycles. The number of nitrogens with zero attached hydrogens (tertiary/aromatic N) is 1. The third-order valence-corrected chi connectivity index (χ3v) is 4.14. The highest BCUT2D eigenvalue weighted by molar-refractivity contribution is 7.99. The first kappa shape index (κ1) is 17.3. The topological polar surface area (TPSA) is 38.9 Å². The van der Waals surface area contributed by atoms with Crippen molar-refractivity contribution in [1.82, 2.24) is 4.98 Å². The average molecular weight is 306 g/mol. The predicted molar refractivity (Wildman–Crippen MR) is 76.6 cm³/mol. The van der Waals surface area contributed by atoms with E-state index in [0.29, 0.717) is 11.6 Å². The molecule has 0 aromatic carbocycles. The average Bonchev–Trinajstić information content (AvgIpc) is 2.38. The summed E-state index contributed by atoms with van der Waals surface area (Å²) in [6.07, 6.45) is -0.289. The van der Waals surface area contributed by atoms with Crippen molar-refractivity contribution in [3.8, 4) is 0 Å². The minimum Gasteiger partial charge on any atom is -0.330 e. The van der Waals surface area contributed by atoms with Crippen molar-refractivity contribution in [1.29, 1.82) is 0 Å². The molecule has 0 saturated heterocycles. The Balaban J connectivity index is 2.29. The fourth-order valence-electron chi connectivity index (χ4n) is 1.62. The lowest BCUT2D eigenvalue weighted by atomic mass is 9.88. The number of rotatable bonds is 7. The van der Waals surface area contributed by atoms with Crippen LogP contribution in [-0.4, -0.2) is 17.3 Å². The van der Waals surface area contributed by atoms with E-state index in [0.717, 1.165) is 37.3 Å². The van der Waals surface area contributed by atoms with E-state index in [1.165, 1.54) is 17.8 Å². The zero-order valence-electron chi connectivity index (χ0n) is 11.8. The van der Waals surface area contributed by atoms with Crippen molar-refractivity contribution >= 4 is 11.8 Å². The minimum atomic E-state index is -4.32. The Bertz CT molecular complexity index is 402. The van der Waals surface area contributed by atoms with E-state index in [-0.39, 0.29) is 5.41 Å². The summed E-state index contributed by atoms with van der Waals surface area (Å²) in [5, 5.41) is 0.635. The van der Waals surface area contributed by atoms with E-state index in [2.05, 4.69) is 18.8 Å². The molecule has 0 saturated carbocycles. The molecule has 1 rings (SSSR count). The molecule has 0 spiro atoms. The first-order chi connectivity index (χ1) is 9.24. The quantitative estimate of drug-likeness (QED) is 0.601. The van der Waals surface area contributed by atoms with Gasteiger partial charge in [-0.15, -0.1) is 11.8 Å². The molecule has 0 atom stereocenters. The minimum absolute atomic E-state index is 0.164. The van der Waals surface area contributed by atoms with E-state index in [4.69, 9.17) is 5.73 Å². The van der Waals surface area contributed by atoms with Crippen LogP contribution in [0.15, 0.2) is 23.4 Å². The maximum absolute atomic E-state index is 12.4. The summed E-state index contributed by atoms with van der Waals surface area (Å²) in [6.45, 7) is 4.94. The first-order valence-electron chi connectivity index (χ1n) is 6.61. The Morgan fingerprint density at radius 3 is 2.40 bits per heavy atom. The Hall–Kier alpha value is -0.750. The van der Waals surface area contributed by atoms with Crippen LogP contribution in [0.4, 0.5) is 13.2 Å². The molecule has 114 valence electrons. The van der Waals surface area contributed by atoms with Gasteiger partial charge in [0.15, 0.2) is 0 Å². The molecule has 0 unspecified atom stereocenters. The summed E-state index contributed by atoms with van der Waals surface area (Å²) in [7, 11) is 0. The second kappa shape index (κ2) is 7.31. The summed E-state index contributed by atoms with van der Waals surface area (Å²) in [5.74, 6) is 0.860. The van der Waals surface area contributed by atoms with Crippen molar-refractivity contribution in [2.24, 2.45) is 11.1 Å². The van der Waals surface area contributed by atoms with E-state index in [9.17, 15) is 13.2 Å². The van der Waals surface area contributed by atoms with E-state index < -0.39 is 11.7 Å². The van der Waals surface area contributed by atoms with Gasteiger partial charge in [0.1, 0.15) is 0 Å². The molecule has 1 aromatic rings. The molecule has 0 amide bonds. The van der Waals surface area contributed by atoms with Crippen molar-refractivity contribution in [3.05, 3.63) is 23.9 Å². The van der Waals surface area contributed by atoms with Gasteiger partial charge in [-0.25, -0.2) is 4.98 Å². The molecule has 0 bridgehead atoms. The van der Waals surface area contributed by atoms with Crippen LogP contribution >= 0.6 is 11.8 Å². The van der Waals surface area contributed by atoms with Crippen LogP contribution in [0.25, 0.3) is 0 Å². The second-order valence-electron chi connectivity index (χ2n) is 5.56. The maximum Gasteiger partial charge on any atom is 0.417 e. The number of pyridine rings is 1.